The first-order chi connectivity index (χ1) is 16.0. The molecule has 2 heterocycles. The number of carbonyl (C=O) groups is 1. The number of aromatic nitrogens is 2. The Morgan fingerprint density at radius 1 is 1.03 bits per heavy atom. The molecule has 5 rings (SSSR count). The molecule has 1 N–H and O–H groups in total. The number of benzene rings is 3. The molecule has 3 aromatic carbocycles. The fourth-order valence-corrected chi connectivity index (χ4v) is 4.09. The number of fused-ring (bicyclic) bond motifs is 1. The molecule has 0 saturated heterocycles. The standard InChI is InChI=1S/C26H21ClN2O4/c27-21-9-5-18(6-10-21)19-15-28-29(16-19)13-14-33-26(20-7-11-22(30)12-8-20)17-32-24-4-2-1-3-23(24)25(26)31/h1-12,15-16,30H,13-14,17H2. The van der Waals surface area contributed by atoms with Crippen LogP contribution in [0.1, 0.15) is 15.9 Å². The predicted octanol–water partition coefficient (Wildman–Crippen LogP) is 5.10. The van der Waals surface area contributed by atoms with Crippen LogP contribution in [-0.4, -0.2) is 33.9 Å². The Kier molecular flexibility index (Phi) is 5.62. The molecule has 1 aliphatic rings. The van der Waals surface area contributed by atoms with Crippen LogP contribution in [0.2, 0.25) is 5.02 Å². The first-order valence-electron chi connectivity index (χ1n) is 10.5. The van der Waals surface area contributed by atoms with Gasteiger partial charge in [0.2, 0.25) is 5.78 Å². The van der Waals surface area contributed by atoms with E-state index in [2.05, 4.69) is 5.10 Å². The number of rotatable bonds is 6. The lowest BCUT2D eigenvalue weighted by Gasteiger charge is -2.36. The lowest BCUT2D eigenvalue weighted by molar-refractivity contribution is -0.0626. The van der Waals surface area contributed by atoms with E-state index in [1.165, 1.54) is 0 Å². The van der Waals surface area contributed by atoms with Gasteiger partial charge >= 0.3 is 0 Å². The summed E-state index contributed by atoms with van der Waals surface area (Å²) < 4.78 is 14.0. The van der Waals surface area contributed by atoms with Crippen molar-refractivity contribution in [2.24, 2.45) is 0 Å². The minimum atomic E-state index is -1.31. The SMILES string of the molecule is O=C1c2ccccc2OCC1(OCCn1cc(-c2ccc(Cl)cc2)cn1)c1ccc(O)cc1. The van der Waals surface area contributed by atoms with Crippen LogP contribution < -0.4 is 4.74 Å². The number of ketones is 1. The molecule has 0 bridgehead atoms. The lowest BCUT2D eigenvalue weighted by atomic mass is 9.84. The highest BCUT2D eigenvalue weighted by Gasteiger charge is 2.47. The Morgan fingerprint density at radius 3 is 2.58 bits per heavy atom. The molecule has 0 fully saturated rings. The number of hydrogen-bond acceptors (Lipinski definition) is 5. The molecule has 1 aliphatic heterocycles. The van der Waals surface area contributed by atoms with E-state index in [1.54, 1.807) is 53.3 Å². The fourth-order valence-electron chi connectivity index (χ4n) is 3.97. The van der Waals surface area contributed by atoms with E-state index >= 15 is 0 Å². The van der Waals surface area contributed by atoms with Gasteiger partial charge < -0.3 is 14.6 Å². The summed E-state index contributed by atoms with van der Waals surface area (Å²) in [5, 5.41) is 14.8. The van der Waals surface area contributed by atoms with Crippen LogP contribution >= 0.6 is 11.6 Å². The minimum Gasteiger partial charge on any atom is -0.508 e. The summed E-state index contributed by atoms with van der Waals surface area (Å²) >= 11 is 5.97. The summed E-state index contributed by atoms with van der Waals surface area (Å²) in [5.41, 5.74) is 1.77. The van der Waals surface area contributed by atoms with Gasteiger partial charge in [0.25, 0.3) is 0 Å². The maximum absolute atomic E-state index is 13.6. The summed E-state index contributed by atoms with van der Waals surface area (Å²) in [5.74, 6) is 0.488. The van der Waals surface area contributed by atoms with Gasteiger partial charge in [0.15, 0.2) is 5.60 Å². The third kappa shape index (κ3) is 4.11. The van der Waals surface area contributed by atoms with Crippen molar-refractivity contribution >= 4 is 17.4 Å². The smallest absolute Gasteiger partial charge is 0.206 e. The summed E-state index contributed by atoms with van der Waals surface area (Å²) in [6.07, 6.45) is 3.71. The molecular formula is C26H21ClN2O4. The van der Waals surface area contributed by atoms with Crippen molar-refractivity contribution in [3.05, 3.63) is 101 Å². The van der Waals surface area contributed by atoms with Crippen LogP contribution in [0.5, 0.6) is 11.5 Å². The van der Waals surface area contributed by atoms with Crippen molar-refractivity contribution < 1.29 is 19.4 Å². The van der Waals surface area contributed by atoms with Crippen molar-refractivity contribution in [2.45, 2.75) is 12.1 Å². The van der Waals surface area contributed by atoms with E-state index < -0.39 is 5.60 Å². The number of carbonyl (C=O) groups excluding carboxylic acids is 1. The number of aromatic hydroxyl groups is 1. The highest BCUT2D eigenvalue weighted by Crippen LogP contribution is 2.38. The zero-order chi connectivity index (χ0) is 22.8. The number of para-hydroxylation sites is 1. The molecular weight excluding hydrogens is 440 g/mol. The molecule has 6 nitrogen and oxygen atoms in total. The van der Waals surface area contributed by atoms with Crippen molar-refractivity contribution in [3.63, 3.8) is 0 Å². The number of phenols is 1. The van der Waals surface area contributed by atoms with Gasteiger partial charge in [-0.05, 0) is 47.5 Å². The molecule has 1 unspecified atom stereocenters. The number of phenolic OH excluding ortho intramolecular Hbond substituents is 1. The van der Waals surface area contributed by atoms with Crippen LogP contribution in [0.25, 0.3) is 11.1 Å². The van der Waals surface area contributed by atoms with Gasteiger partial charge in [-0.3, -0.25) is 9.48 Å². The van der Waals surface area contributed by atoms with Crippen LogP contribution in [0.15, 0.2) is 85.2 Å². The van der Waals surface area contributed by atoms with Crippen molar-refractivity contribution in [2.75, 3.05) is 13.2 Å². The molecule has 7 heteroatoms. The molecule has 0 radical (unpaired) electrons. The molecule has 0 aliphatic carbocycles. The Bertz CT molecular complexity index is 1280. The monoisotopic (exact) mass is 460 g/mol. The Hall–Kier alpha value is -3.61. The third-order valence-electron chi connectivity index (χ3n) is 5.74. The maximum Gasteiger partial charge on any atom is 0.206 e. The maximum atomic E-state index is 13.6. The first-order valence-corrected chi connectivity index (χ1v) is 10.9. The number of halogens is 1. The molecule has 0 amide bonds. The molecule has 0 saturated carbocycles. The predicted molar refractivity (Wildman–Crippen MR) is 125 cm³/mol. The summed E-state index contributed by atoms with van der Waals surface area (Å²) in [6, 6.07) is 21.2. The number of nitrogens with zero attached hydrogens (tertiary/aromatic N) is 2. The van der Waals surface area contributed by atoms with E-state index in [9.17, 15) is 9.90 Å². The Morgan fingerprint density at radius 2 is 1.79 bits per heavy atom. The number of ether oxygens (including phenoxy) is 2. The van der Waals surface area contributed by atoms with E-state index in [1.807, 2.05) is 36.5 Å². The zero-order valence-electron chi connectivity index (χ0n) is 17.6. The summed E-state index contributed by atoms with van der Waals surface area (Å²) in [6.45, 7) is 0.727. The Labute approximate surface area is 196 Å². The van der Waals surface area contributed by atoms with Gasteiger partial charge in [-0.1, -0.05) is 48.0 Å². The van der Waals surface area contributed by atoms with Crippen molar-refractivity contribution in [1.82, 2.24) is 9.78 Å². The van der Waals surface area contributed by atoms with E-state index in [0.717, 1.165) is 11.1 Å². The molecule has 1 aromatic heterocycles. The van der Waals surface area contributed by atoms with Gasteiger partial charge in [-0.15, -0.1) is 0 Å². The molecule has 1 atom stereocenters. The second-order valence-electron chi connectivity index (χ2n) is 7.84. The van der Waals surface area contributed by atoms with Crippen LogP contribution in [-0.2, 0) is 16.9 Å². The van der Waals surface area contributed by atoms with Gasteiger partial charge in [-0.25, -0.2) is 0 Å². The third-order valence-corrected chi connectivity index (χ3v) is 5.99. The highest BCUT2D eigenvalue weighted by atomic mass is 35.5. The lowest BCUT2D eigenvalue weighted by Crippen LogP contribution is -2.47. The molecule has 33 heavy (non-hydrogen) atoms. The average Bonchev–Trinajstić information content (AvgIpc) is 3.31. The van der Waals surface area contributed by atoms with Crippen molar-refractivity contribution in [1.29, 1.82) is 0 Å². The number of hydrogen-bond donors (Lipinski definition) is 1. The number of Topliss-reactive ketones (excluding diaryl/α,β-unsaturated/α-hetero) is 1. The van der Waals surface area contributed by atoms with E-state index in [-0.39, 0.29) is 24.7 Å². The highest BCUT2D eigenvalue weighted by molar-refractivity contribution is 6.30. The summed E-state index contributed by atoms with van der Waals surface area (Å²) in [7, 11) is 0. The van der Waals surface area contributed by atoms with Crippen LogP contribution in [0.4, 0.5) is 0 Å². The van der Waals surface area contributed by atoms with Crippen LogP contribution in [0.3, 0.4) is 0 Å². The normalized spacial score (nSPS) is 17.4. The van der Waals surface area contributed by atoms with E-state index in [4.69, 9.17) is 21.1 Å². The van der Waals surface area contributed by atoms with Crippen molar-refractivity contribution in [3.8, 4) is 22.6 Å². The Balaban J connectivity index is 1.37. The molecule has 4 aromatic rings. The molecule has 166 valence electrons. The van der Waals surface area contributed by atoms with Gasteiger partial charge in [0, 0.05) is 16.8 Å². The van der Waals surface area contributed by atoms with E-state index in [0.29, 0.717) is 28.4 Å². The fraction of sp³-hybridized carbons (Fsp3) is 0.154. The first kappa shape index (κ1) is 21.2. The topological polar surface area (TPSA) is 73.6 Å². The van der Waals surface area contributed by atoms with Gasteiger partial charge in [-0.2, -0.15) is 5.10 Å². The second kappa shape index (κ2) is 8.73. The quantitative estimate of drug-likeness (QED) is 0.433. The zero-order valence-corrected chi connectivity index (χ0v) is 18.4. The summed E-state index contributed by atoms with van der Waals surface area (Å²) in [4.78, 5) is 13.6. The van der Waals surface area contributed by atoms with Gasteiger partial charge in [0.05, 0.1) is 24.9 Å². The largest absolute Gasteiger partial charge is 0.508 e. The second-order valence-corrected chi connectivity index (χ2v) is 8.27. The minimum absolute atomic E-state index is 0.0444. The van der Waals surface area contributed by atoms with Gasteiger partial charge in [0.1, 0.15) is 18.1 Å². The molecule has 0 spiro atoms. The van der Waals surface area contributed by atoms with Crippen LogP contribution in [0, 0.1) is 0 Å². The average molecular weight is 461 g/mol.